The lowest BCUT2D eigenvalue weighted by Gasteiger charge is -2.31. The molecular weight excluding hydrogens is 554 g/mol. The van der Waals surface area contributed by atoms with Crippen molar-refractivity contribution in [1.82, 2.24) is 10.2 Å². The molecule has 1 aliphatic heterocycles. The zero-order valence-corrected chi connectivity index (χ0v) is 23.4. The van der Waals surface area contributed by atoms with E-state index in [-0.39, 0.29) is 24.1 Å². The van der Waals surface area contributed by atoms with Gasteiger partial charge < -0.3 is 15.1 Å². The number of benzene rings is 4. The second-order valence-electron chi connectivity index (χ2n) is 9.71. The lowest BCUT2D eigenvalue weighted by atomic mass is 10.0. The minimum absolute atomic E-state index is 0.0347. The topological polar surface area (TPSA) is 69.7 Å². The highest BCUT2D eigenvalue weighted by atomic mass is 79.9. The molecule has 7 heteroatoms. The van der Waals surface area contributed by atoms with Crippen LogP contribution in [-0.4, -0.2) is 42.3 Å². The van der Waals surface area contributed by atoms with Crippen molar-refractivity contribution in [2.45, 2.75) is 31.8 Å². The monoisotopic (exact) mass is 583 g/mol. The summed E-state index contributed by atoms with van der Waals surface area (Å²) in [5, 5.41) is 4.75. The molecule has 1 atom stereocenters. The molecule has 0 spiro atoms. The highest BCUT2D eigenvalue weighted by molar-refractivity contribution is 9.10. The summed E-state index contributed by atoms with van der Waals surface area (Å²) >= 11 is 3.51. The van der Waals surface area contributed by atoms with Crippen LogP contribution in [0.25, 0.3) is 10.8 Å². The Balaban J connectivity index is 1.35. The number of carbonyl (C=O) groups excluding carboxylic acids is 3. The molecule has 4 aromatic rings. The van der Waals surface area contributed by atoms with Gasteiger partial charge in [0.1, 0.15) is 6.04 Å². The quantitative estimate of drug-likeness (QED) is 0.259. The van der Waals surface area contributed by atoms with Gasteiger partial charge in [0.25, 0.3) is 5.91 Å². The number of halogens is 1. The number of hydrogen-bond donors (Lipinski definition) is 1. The predicted molar refractivity (Wildman–Crippen MR) is 158 cm³/mol. The summed E-state index contributed by atoms with van der Waals surface area (Å²) < 4.78 is 0.910. The molecule has 1 aliphatic rings. The van der Waals surface area contributed by atoms with Crippen molar-refractivity contribution in [3.63, 3.8) is 0 Å². The summed E-state index contributed by atoms with van der Waals surface area (Å²) in [4.78, 5) is 43.5. The Labute approximate surface area is 236 Å². The van der Waals surface area contributed by atoms with Gasteiger partial charge in [-0.2, -0.15) is 0 Å². The van der Waals surface area contributed by atoms with E-state index in [4.69, 9.17) is 0 Å². The molecule has 1 N–H and O–H groups in total. The molecule has 0 aliphatic carbocycles. The second-order valence-corrected chi connectivity index (χ2v) is 10.6. The van der Waals surface area contributed by atoms with E-state index < -0.39 is 6.04 Å². The average molecular weight is 585 g/mol. The van der Waals surface area contributed by atoms with E-state index in [9.17, 15) is 14.4 Å². The maximum atomic E-state index is 13.8. The van der Waals surface area contributed by atoms with Crippen LogP contribution in [0.5, 0.6) is 0 Å². The maximum absolute atomic E-state index is 13.8. The number of rotatable bonds is 10. The zero-order valence-electron chi connectivity index (χ0n) is 21.8. The molecule has 39 heavy (non-hydrogen) atoms. The van der Waals surface area contributed by atoms with E-state index in [1.807, 2.05) is 91.0 Å². The molecule has 5 rings (SSSR count). The first kappa shape index (κ1) is 26.6. The van der Waals surface area contributed by atoms with Crippen LogP contribution < -0.4 is 10.2 Å². The van der Waals surface area contributed by atoms with Crippen LogP contribution in [0.1, 0.15) is 34.3 Å². The number of likely N-dealkylation sites (N-methyl/N-ethyl adjacent to an activating group) is 1. The summed E-state index contributed by atoms with van der Waals surface area (Å²) in [6.45, 7) is 0.725. The summed E-state index contributed by atoms with van der Waals surface area (Å²) in [7, 11) is 1.60. The molecule has 0 aromatic heterocycles. The fraction of sp³-hybridized carbons (Fsp3) is 0.219. The van der Waals surface area contributed by atoms with E-state index >= 15 is 0 Å². The number of amides is 3. The van der Waals surface area contributed by atoms with Crippen LogP contribution in [0.4, 0.5) is 5.69 Å². The smallest absolute Gasteiger partial charge is 0.258 e. The standard InChI is InChI=1S/C32H30BrN3O3/c1-34-31(38)28(20-22-9-3-2-4-10-22)36(21-23-11-5-14-25(33)19-23)29(37)17-8-18-35-27-16-7-13-24-12-6-15-26(30(24)27)32(35)39/h2-7,9-16,19,28H,8,17-18,20-21H2,1H3,(H,34,38)/t28-/m0/s1. The Morgan fingerprint density at radius 2 is 1.64 bits per heavy atom. The number of carbonyl (C=O) groups is 3. The molecule has 0 saturated heterocycles. The molecule has 0 saturated carbocycles. The van der Waals surface area contributed by atoms with Crippen molar-refractivity contribution in [2.24, 2.45) is 0 Å². The Hall–Kier alpha value is -3.97. The van der Waals surface area contributed by atoms with Gasteiger partial charge >= 0.3 is 0 Å². The highest BCUT2D eigenvalue weighted by Gasteiger charge is 2.32. The minimum Gasteiger partial charge on any atom is -0.357 e. The number of nitrogens with one attached hydrogen (secondary N) is 1. The van der Waals surface area contributed by atoms with Crippen LogP contribution >= 0.6 is 15.9 Å². The highest BCUT2D eigenvalue weighted by Crippen LogP contribution is 2.37. The Bertz CT molecular complexity index is 1520. The van der Waals surface area contributed by atoms with E-state index in [2.05, 4.69) is 21.2 Å². The van der Waals surface area contributed by atoms with Crippen LogP contribution in [0.3, 0.4) is 0 Å². The van der Waals surface area contributed by atoms with E-state index in [1.165, 1.54) is 0 Å². The number of hydrogen-bond acceptors (Lipinski definition) is 3. The van der Waals surface area contributed by atoms with Crippen molar-refractivity contribution >= 4 is 50.1 Å². The molecule has 4 aromatic carbocycles. The first-order valence-electron chi connectivity index (χ1n) is 13.1. The van der Waals surface area contributed by atoms with E-state index in [1.54, 1.807) is 16.8 Å². The number of nitrogens with zero attached hydrogens (tertiary/aromatic N) is 2. The summed E-state index contributed by atoms with van der Waals surface area (Å²) in [6.07, 6.45) is 1.10. The molecule has 1 heterocycles. The van der Waals surface area contributed by atoms with Crippen LogP contribution in [-0.2, 0) is 22.6 Å². The van der Waals surface area contributed by atoms with Gasteiger partial charge in [0.2, 0.25) is 11.8 Å². The molecular formula is C32H30BrN3O3. The van der Waals surface area contributed by atoms with Crippen LogP contribution in [0.15, 0.2) is 95.5 Å². The first-order valence-corrected chi connectivity index (χ1v) is 13.9. The van der Waals surface area contributed by atoms with Crippen molar-refractivity contribution in [2.75, 3.05) is 18.5 Å². The lowest BCUT2D eigenvalue weighted by Crippen LogP contribution is -2.49. The van der Waals surface area contributed by atoms with Gasteiger partial charge in [0.15, 0.2) is 0 Å². The van der Waals surface area contributed by atoms with Crippen LogP contribution in [0.2, 0.25) is 0 Å². The number of anilines is 1. The largest absolute Gasteiger partial charge is 0.357 e. The van der Waals surface area contributed by atoms with Crippen molar-refractivity contribution in [1.29, 1.82) is 0 Å². The van der Waals surface area contributed by atoms with Crippen molar-refractivity contribution in [3.05, 3.63) is 112 Å². The summed E-state index contributed by atoms with van der Waals surface area (Å²) in [6, 6.07) is 28.5. The average Bonchev–Trinajstić information content (AvgIpc) is 3.23. The van der Waals surface area contributed by atoms with Crippen molar-refractivity contribution in [3.8, 4) is 0 Å². The SMILES string of the molecule is CNC(=O)[C@H](Cc1ccccc1)N(Cc1cccc(Br)c1)C(=O)CCCN1C(=O)c2cccc3cccc1c23. The maximum Gasteiger partial charge on any atom is 0.258 e. The third-order valence-corrected chi connectivity index (χ3v) is 7.67. The van der Waals surface area contributed by atoms with Gasteiger partial charge in [-0.3, -0.25) is 14.4 Å². The fourth-order valence-electron chi connectivity index (χ4n) is 5.29. The Kier molecular flexibility index (Phi) is 8.07. The predicted octanol–water partition coefficient (Wildman–Crippen LogP) is 5.73. The van der Waals surface area contributed by atoms with Gasteiger partial charge in [-0.25, -0.2) is 0 Å². The first-order chi connectivity index (χ1) is 19.0. The fourth-order valence-corrected chi connectivity index (χ4v) is 5.73. The summed E-state index contributed by atoms with van der Waals surface area (Å²) in [5.74, 6) is -0.367. The third kappa shape index (κ3) is 5.73. The normalized spacial score (nSPS) is 13.0. The third-order valence-electron chi connectivity index (χ3n) is 7.18. The van der Waals surface area contributed by atoms with Crippen LogP contribution in [0, 0.1) is 0 Å². The molecule has 0 unspecified atom stereocenters. The molecule has 0 radical (unpaired) electrons. The molecule has 198 valence electrons. The van der Waals surface area contributed by atoms with Gasteiger partial charge in [-0.15, -0.1) is 0 Å². The van der Waals surface area contributed by atoms with Crippen molar-refractivity contribution < 1.29 is 14.4 Å². The lowest BCUT2D eigenvalue weighted by molar-refractivity contribution is -0.141. The molecule has 0 fully saturated rings. The molecule has 3 amide bonds. The molecule has 0 bridgehead atoms. The minimum atomic E-state index is -0.671. The Morgan fingerprint density at radius 3 is 2.38 bits per heavy atom. The van der Waals surface area contributed by atoms with Gasteiger partial charge in [0, 0.05) is 48.4 Å². The van der Waals surface area contributed by atoms with Gasteiger partial charge in [-0.1, -0.05) is 82.7 Å². The second kappa shape index (κ2) is 11.8. The van der Waals surface area contributed by atoms with Gasteiger partial charge in [-0.05, 0) is 47.2 Å². The summed E-state index contributed by atoms with van der Waals surface area (Å²) in [5.41, 5.74) is 3.50. The van der Waals surface area contributed by atoms with E-state index in [0.717, 1.165) is 32.1 Å². The zero-order chi connectivity index (χ0) is 27.4. The molecule has 6 nitrogen and oxygen atoms in total. The Morgan fingerprint density at radius 1 is 0.923 bits per heavy atom. The van der Waals surface area contributed by atoms with E-state index in [0.29, 0.717) is 31.5 Å². The van der Waals surface area contributed by atoms with Gasteiger partial charge in [0.05, 0.1) is 5.69 Å².